The van der Waals surface area contributed by atoms with Crippen LogP contribution in [-0.4, -0.2) is 28.7 Å². The van der Waals surface area contributed by atoms with Gasteiger partial charge in [-0.1, -0.05) is 12.1 Å². The molecule has 0 aliphatic heterocycles. The van der Waals surface area contributed by atoms with Gasteiger partial charge in [-0.3, -0.25) is 0 Å². The molecule has 0 atom stereocenters. The SMILES string of the molecule is CCOc1ccc(NC(=O)NCCn2c(-c3ccc(F)cc3)nc3ccccc32)cc1. The van der Waals surface area contributed by atoms with E-state index < -0.39 is 0 Å². The number of benzene rings is 3. The van der Waals surface area contributed by atoms with Crippen LogP contribution in [0.2, 0.25) is 0 Å². The van der Waals surface area contributed by atoms with Crippen LogP contribution in [0.1, 0.15) is 6.92 Å². The molecule has 0 fully saturated rings. The zero-order valence-electron chi connectivity index (χ0n) is 17.1. The number of hydrogen-bond donors (Lipinski definition) is 2. The number of anilines is 1. The van der Waals surface area contributed by atoms with Gasteiger partial charge in [0.15, 0.2) is 0 Å². The van der Waals surface area contributed by atoms with Crippen LogP contribution in [0.15, 0.2) is 72.8 Å². The van der Waals surface area contributed by atoms with Gasteiger partial charge < -0.3 is 19.9 Å². The minimum absolute atomic E-state index is 0.293. The first-order valence-electron chi connectivity index (χ1n) is 10.1. The van der Waals surface area contributed by atoms with Crippen molar-refractivity contribution in [2.24, 2.45) is 0 Å². The molecule has 2 amide bonds. The molecule has 1 aromatic heterocycles. The number of imidazole rings is 1. The Hall–Kier alpha value is -3.87. The number of carbonyl (C=O) groups is 1. The van der Waals surface area contributed by atoms with Gasteiger partial charge in [-0.2, -0.15) is 0 Å². The summed E-state index contributed by atoms with van der Waals surface area (Å²) in [7, 11) is 0. The summed E-state index contributed by atoms with van der Waals surface area (Å²) in [5.41, 5.74) is 3.30. The van der Waals surface area contributed by atoms with E-state index in [0.29, 0.717) is 25.4 Å². The molecule has 4 rings (SSSR count). The van der Waals surface area contributed by atoms with Crippen LogP contribution in [0.4, 0.5) is 14.9 Å². The molecule has 0 aliphatic carbocycles. The number of nitrogens with zero attached hydrogens (tertiary/aromatic N) is 2. The minimum atomic E-state index is -0.295. The standard InChI is InChI=1S/C24H23FN4O2/c1-2-31-20-13-11-19(12-14-20)27-24(30)26-15-16-29-22-6-4-3-5-21(22)28-23(29)17-7-9-18(25)10-8-17/h3-14H,2,15-16H2,1H3,(H2,26,27,30). The highest BCUT2D eigenvalue weighted by atomic mass is 19.1. The number of amides is 2. The summed E-state index contributed by atoms with van der Waals surface area (Å²) in [4.78, 5) is 17.0. The Morgan fingerprint density at radius 2 is 1.77 bits per heavy atom. The predicted octanol–water partition coefficient (Wildman–Crippen LogP) is 5.06. The normalized spacial score (nSPS) is 10.8. The van der Waals surface area contributed by atoms with Gasteiger partial charge in [0.1, 0.15) is 17.4 Å². The number of aromatic nitrogens is 2. The van der Waals surface area contributed by atoms with Crippen LogP contribution in [0.5, 0.6) is 5.75 Å². The highest BCUT2D eigenvalue weighted by Gasteiger charge is 2.13. The topological polar surface area (TPSA) is 68.2 Å². The van der Waals surface area contributed by atoms with Gasteiger partial charge in [-0.05, 0) is 67.6 Å². The quantitative estimate of drug-likeness (QED) is 0.441. The summed E-state index contributed by atoms with van der Waals surface area (Å²) in [6.45, 7) is 3.43. The molecular formula is C24H23FN4O2. The Bertz CT molecular complexity index is 1170. The fourth-order valence-corrected chi connectivity index (χ4v) is 3.38. The molecule has 0 spiro atoms. The minimum Gasteiger partial charge on any atom is -0.494 e. The molecule has 0 radical (unpaired) electrons. The number of hydrogen-bond acceptors (Lipinski definition) is 3. The van der Waals surface area contributed by atoms with E-state index in [2.05, 4.69) is 10.6 Å². The van der Waals surface area contributed by atoms with Crippen molar-refractivity contribution in [1.82, 2.24) is 14.9 Å². The van der Waals surface area contributed by atoms with Gasteiger partial charge in [-0.15, -0.1) is 0 Å². The predicted molar refractivity (Wildman–Crippen MR) is 120 cm³/mol. The van der Waals surface area contributed by atoms with Crippen LogP contribution in [0.3, 0.4) is 0 Å². The fraction of sp³-hybridized carbons (Fsp3) is 0.167. The smallest absolute Gasteiger partial charge is 0.319 e. The second-order valence-electron chi connectivity index (χ2n) is 6.92. The summed E-state index contributed by atoms with van der Waals surface area (Å²) in [6, 6.07) is 21.0. The number of carbonyl (C=O) groups excluding carboxylic acids is 1. The third-order valence-corrected chi connectivity index (χ3v) is 4.80. The molecule has 0 bridgehead atoms. The Kier molecular flexibility index (Phi) is 6.12. The lowest BCUT2D eigenvalue weighted by Crippen LogP contribution is -2.31. The molecule has 31 heavy (non-hydrogen) atoms. The first kappa shape index (κ1) is 20.4. The van der Waals surface area contributed by atoms with E-state index in [1.807, 2.05) is 47.9 Å². The molecule has 0 aliphatic rings. The van der Waals surface area contributed by atoms with Gasteiger partial charge in [0, 0.05) is 24.3 Å². The lowest BCUT2D eigenvalue weighted by atomic mass is 10.2. The molecule has 0 saturated carbocycles. The van der Waals surface area contributed by atoms with E-state index >= 15 is 0 Å². The molecule has 7 heteroatoms. The number of halogens is 1. The Balaban J connectivity index is 1.44. The van der Waals surface area contributed by atoms with Crippen LogP contribution < -0.4 is 15.4 Å². The van der Waals surface area contributed by atoms with E-state index in [9.17, 15) is 9.18 Å². The highest BCUT2D eigenvalue weighted by molar-refractivity contribution is 5.89. The molecule has 2 N–H and O–H groups in total. The summed E-state index contributed by atoms with van der Waals surface area (Å²) in [5.74, 6) is 1.20. The van der Waals surface area contributed by atoms with Gasteiger partial charge in [-0.25, -0.2) is 14.2 Å². The van der Waals surface area contributed by atoms with Crippen molar-refractivity contribution in [3.63, 3.8) is 0 Å². The van der Waals surface area contributed by atoms with E-state index in [4.69, 9.17) is 9.72 Å². The van der Waals surface area contributed by atoms with Crippen molar-refractivity contribution in [1.29, 1.82) is 0 Å². The molecule has 4 aromatic rings. The summed E-state index contributed by atoms with van der Waals surface area (Å²) in [5, 5.41) is 5.68. The number of ether oxygens (including phenoxy) is 1. The van der Waals surface area contributed by atoms with Crippen molar-refractivity contribution < 1.29 is 13.9 Å². The molecule has 0 unspecified atom stereocenters. The average molecular weight is 418 g/mol. The van der Waals surface area contributed by atoms with E-state index in [0.717, 1.165) is 28.2 Å². The van der Waals surface area contributed by atoms with Gasteiger partial charge in [0.05, 0.1) is 17.6 Å². The van der Waals surface area contributed by atoms with E-state index in [1.165, 1.54) is 12.1 Å². The van der Waals surface area contributed by atoms with Crippen molar-refractivity contribution in [2.45, 2.75) is 13.5 Å². The summed E-state index contributed by atoms with van der Waals surface area (Å²) < 4.78 is 20.8. The Morgan fingerprint density at radius 3 is 2.52 bits per heavy atom. The summed E-state index contributed by atoms with van der Waals surface area (Å²) >= 11 is 0. The third-order valence-electron chi connectivity index (χ3n) is 4.80. The molecule has 1 heterocycles. The molecular weight excluding hydrogens is 395 g/mol. The average Bonchev–Trinajstić information content (AvgIpc) is 3.14. The Morgan fingerprint density at radius 1 is 1.03 bits per heavy atom. The maximum absolute atomic E-state index is 13.3. The molecule has 3 aromatic carbocycles. The highest BCUT2D eigenvalue weighted by Crippen LogP contribution is 2.25. The van der Waals surface area contributed by atoms with Gasteiger partial charge in [0.2, 0.25) is 0 Å². The number of urea groups is 1. The van der Waals surface area contributed by atoms with Crippen LogP contribution >= 0.6 is 0 Å². The number of rotatable bonds is 7. The maximum Gasteiger partial charge on any atom is 0.319 e. The first-order chi connectivity index (χ1) is 15.1. The largest absolute Gasteiger partial charge is 0.494 e. The zero-order chi connectivity index (χ0) is 21.6. The van der Waals surface area contributed by atoms with E-state index in [1.54, 1.807) is 24.3 Å². The number of nitrogens with one attached hydrogen (secondary N) is 2. The first-order valence-corrected chi connectivity index (χ1v) is 10.1. The van der Waals surface area contributed by atoms with Gasteiger partial charge >= 0.3 is 6.03 Å². The van der Waals surface area contributed by atoms with Crippen LogP contribution in [-0.2, 0) is 6.54 Å². The molecule has 6 nitrogen and oxygen atoms in total. The third kappa shape index (κ3) is 4.83. The van der Waals surface area contributed by atoms with E-state index in [-0.39, 0.29) is 11.8 Å². The van der Waals surface area contributed by atoms with Crippen molar-refractivity contribution >= 4 is 22.8 Å². The summed E-state index contributed by atoms with van der Waals surface area (Å²) in [6.07, 6.45) is 0. The number of fused-ring (bicyclic) bond motifs is 1. The molecule has 0 saturated heterocycles. The molecule has 158 valence electrons. The van der Waals surface area contributed by atoms with Crippen molar-refractivity contribution in [3.8, 4) is 17.1 Å². The second kappa shape index (κ2) is 9.30. The Labute approximate surface area is 179 Å². The maximum atomic E-state index is 13.3. The van der Waals surface area contributed by atoms with Crippen molar-refractivity contribution in [3.05, 3.63) is 78.6 Å². The fourth-order valence-electron chi connectivity index (χ4n) is 3.38. The van der Waals surface area contributed by atoms with Crippen LogP contribution in [0.25, 0.3) is 22.4 Å². The number of para-hydroxylation sites is 2. The van der Waals surface area contributed by atoms with Crippen molar-refractivity contribution in [2.75, 3.05) is 18.5 Å². The zero-order valence-corrected chi connectivity index (χ0v) is 17.1. The lowest BCUT2D eigenvalue weighted by Gasteiger charge is -2.12. The van der Waals surface area contributed by atoms with Crippen LogP contribution in [0, 0.1) is 5.82 Å². The monoisotopic (exact) mass is 418 g/mol. The van der Waals surface area contributed by atoms with Gasteiger partial charge in [0.25, 0.3) is 0 Å². The second-order valence-corrected chi connectivity index (χ2v) is 6.92. The lowest BCUT2D eigenvalue weighted by molar-refractivity contribution is 0.251.